The summed E-state index contributed by atoms with van der Waals surface area (Å²) < 4.78 is 21.8. The molecule has 15 heavy (non-hydrogen) atoms. The Hall–Kier alpha value is -1.71. The Morgan fingerprint density at radius 1 is 1.40 bits per heavy atom. The second-order valence-electron chi connectivity index (χ2n) is 2.63. The summed E-state index contributed by atoms with van der Waals surface area (Å²) >= 11 is 0. The molecule has 1 aromatic rings. The van der Waals surface area contributed by atoms with Crippen LogP contribution in [0.15, 0.2) is 23.1 Å². The van der Waals surface area contributed by atoms with Crippen molar-refractivity contribution in [2.24, 2.45) is 11.0 Å². The lowest BCUT2D eigenvalue weighted by Crippen LogP contribution is -2.14. The van der Waals surface area contributed by atoms with Crippen molar-refractivity contribution < 1.29 is 13.3 Å². The summed E-state index contributed by atoms with van der Waals surface area (Å²) in [5.41, 5.74) is 1.58. The monoisotopic (exact) mass is 232 g/mol. The lowest BCUT2D eigenvalue weighted by Gasteiger charge is -2.03. The van der Waals surface area contributed by atoms with Gasteiger partial charge in [0.25, 0.3) is 5.69 Å². The van der Waals surface area contributed by atoms with Gasteiger partial charge in [-0.1, -0.05) is 0 Å². The van der Waals surface area contributed by atoms with Crippen LogP contribution in [0.5, 0.6) is 0 Å². The summed E-state index contributed by atoms with van der Waals surface area (Å²) in [7, 11) is -3.90. The summed E-state index contributed by atoms with van der Waals surface area (Å²) in [6.45, 7) is 0. The van der Waals surface area contributed by atoms with Gasteiger partial charge in [0.15, 0.2) is 0 Å². The summed E-state index contributed by atoms with van der Waals surface area (Å²) in [6.07, 6.45) is 0. The van der Waals surface area contributed by atoms with E-state index in [-0.39, 0.29) is 16.3 Å². The molecule has 0 saturated carbocycles. The van der Waals surface area contributed by atoms with Crippen molar-refractivity contribution in [2.75, 3.05) is 5.43 Å². The zero-order chi connectivity index (χ0) is 11.6. The molecule has 1 rings (SSSR count). The fourth-order valence-corrected chi connectivity index (χ4v) is 1.51. The van der Waals surface area contributed by atoms with Crippen LogP contribution in [0, 0.1) is 10.1 Å². The first kappa shape index (κ1) is 11.4. The number of nitrogens with zero attached hydrogens (tertiary/aromatic N) is 1. The molecule has 5 N–H and O–H groups in total. The van der Waals surface area contributed by atoms with Crippen molar-refractivity contribution >= 4 is 21.4 Å². The molecule has 0 unspecified atom stereocenters. The maximum atomic E-state index is 10.9. The number of sulfonamides is 1. The van der Waals surface area contributed by atoms with Gasteiger partial charge < -0.3 is 5.43 Å². The second kappa shape index (κ2) is 3.81. The number of nitro benzene ring substituents is 1. The molecule has 0 fully saturated rings. The highest BCUT2D eigenvalue weighted by atomic mass is 32.2. The molecule has 0 aliphatic rings. The van der Waals surface area contributed by atoms with Crippen LogP contribution in [0.4, 0.5) is 11.4 Å². The van der Waals surface area contributed by atoms with Crippen LogP contribution < -0.4 is 16.4 Å². The number of hydrogen-bond acceptors (Lipinski definition) is 6. The van der Waals surface area contributed by atoms with Crippen LogP contribution in [0.25, 0.3) is 0 Å². The van der Waals surface area contributed by atoms with Crippen molar-refractivity contribution in [3.63, 3.8) is 0 Å². The topological polar surface area (TPSA) is 141 Å². The minimum Gasteiger partial charge on any atom is -0.318 e. The molecule has 0 bridgehead atoms. The zero-order valence-electron chi connectivity index (χ0n) is 7.38. The third kappa shape index (κ3) is 2.40. The van der Waals surface area contributed by atoms with Gasteiger partial charge in [-0.3, -0.25) is 16.0 Å². The number of nitro groups is 1. The zero-order valence-corrected chi connectivity index (χ0v) is 8.19. The van der Waals surface area contributed by atoms with Crippen LogP contribution in [0.2, 0.25) is 0 Å². The van der Waals surface area contributed by atoms with Gasteiger partial charge in [0.2, 0.25) is 10.0 Å². The van der Waals surface area contributed by atoms with E-state index in [0.29, 0.717) is 0 Å². The van der Waals surface area contributed by atoms with E-state index in [0.717, 1.165) is 18.2 Å². The average Bonchev–Trinajstić information content (AvgIpc) is 2.15. The fourth-order valence-electron chi connectivity index (χ4n) is 0.967. The predicted octanol–water partition coefficient (Wildman–Crippen LogP) is -0.472. The Balaban J connectivity index is 3.38. The molecule has 0 aliphatic carbocycles. The van der Waals surface area contributed by atoms with Gasteiger partial charge >= 0.3 is 0 Å². The number of nitrogens with two attached hydrogens (primary N) is 2. The van der Waals surface area contributed by atoms with Crippen LogP contribution in [0.3, 0.4) is 0 Å². The van der Waals surface area contributed by atoms with Crippen molar-refractivity contribution in [3.8, 4) is 0 Å². The first-order valence-electron chi connectivity index (χ1n) is 3.64. The lowest BCUT2D eigenvalue weighted by molar-refractivity contribution is -0.384. The Kier molecular flexibility index (Phi) is 2.88. The maximum absolute atomic E-state index is 10.9. The molecule has 0 heterocycles. The van der Waals surface area contributed by atoms with E-state index in [1.54, 1.807) is 0 Å². The number of nitrogen functional groups attached to an aromatic ring is 1. The standard InChI is InChI=1S/C6H8N4O4S/c7-9-5-3-4(15(8,13)14)1-2-6(5)10(11)12/h1-3,9H,7H2,(H2,8,13,14). The fraction of sp³-hybridized carbons (Fsp3) is 0. The summed E-state index contributed by atoms with van der Waals surface area (Å²) in [6, 6.07) is 3.04. The summed E-state index contributed by atoms with van der Waals surface area (Å²) in [4.78, 5) is 9.53. The molecular formula is C6H8N4O4S. The molecule has 0 amide bonds. The Bertz CT molecular complexity index is 498. The normalized spacial score (nSPS) is 11.1. The van der Waals surface area contributed by atoms with E-state index in [2.05, 4.69) is 0 Å². The smallest absolute Gasteiger partial charge is 0.293 e. The lowest BCUT2D eigenvalue weighted by atomic mass is 10.3. The number of anilines is 1. The Morgan fingerprint density at radius 3 is 2.40 bits per heavy atom. The van der Waals surface area contributed by atoms with Crippen molar-refractivity contribution in [2.45, 2.75) is 4.90 Å². The molecule has 0 atom stereocenters. The number of primary sulfonamides is 1. The van der Waals surface area contributed by atoms with Crippen LogP contribution in [-0.2, 0) is 10.0 Å². The number of hydrazine groups is 1. The third-order valence-corrected chi connectivity index (χ3v) is 2.56. The first-order valence-corrected chi connectivity index (χ1v) is 5.18. The van der Waals surface area contributed by atoms with Gasteiger partial charge in [-0.15, -0.1) is 0 Å². The van der Waals surface area contributed by atoms with Gasteiger partial charge in [-0.2, -0.15) is 0 Å². The number of hydrogen-bond donors (Lipinski definition) is 3. The van der Waals surface area contributed by atoms with Crippen molar-refractivity contribution in [1.29, 1.82) is 0 Å². The predicted molar refractivity (Wildman–Crippen MR) is 52.3 cm³/mol. The van der Waals surface area contributed by atoms with E-state index in [1.807, 2.05) is 5.43 Å². The highest BCUT2D eigenvalue weighted by Crippen LogP contribution is 2.25. The molecule has 82 valence electrons. The molecular weight excluding hydrogens is 224 g/mol. The van der Waals surface area contributed by atoms with Crippen LogP contribution in [0.1, 0.15) is 0 Å². The number of rotatable bonds is 3. The molecule has 0 aromatic heterocycles. The summed E-state index contributed by atoms with van der Waals surface area (Å²) in [5.74, 6) is 5.01. The Morgan fingerprint density at radius 2 is 2.00 bits per heavy atom. The van der Waals surface area contributed by atoms with Crippen LogP contribution in [-0.4, -0.2) is 13.3 Å². The highest BCUT2D eigenvalue weighted by molar-refractivity contribution is 7.89. The van der Waals surface area contributed by atoms with E-state index in [1.165, 1.54) is 0 Å². The first-order chi connectivity index (χ1) is 6.86. The van der Waals surface area contributed by atoms with Gasteiger partial charge in [0, 0.05) is 6.07 Å². The van der Waals surface area contributed by atoms with E-state index >= 15 is 0 Å². The van der Waals surface area contributed by atoms with E-state index in [9.17, 15) is 18.5 Å². The minimum atomic E-state index is -3.90. The van der Waals surface area contributed by atoms with Gasteiger partial charge in [0.1, 0.15) is 5.69 Å². The van der Waals surface area contributed by atoms with Crippen molar-refractivity contribution in [3.05, 3.63) is 28.3 Å². The van der Waals surface area contributed by atoms with E-state index in [4.69, 9.17) is 11.0 Å². The SMILES string of the molecule is NNc1cc(S(N)(=O)=O)ccc1[N+](=O)[O-]. The average molecular weight is 232 g/mol. The molecule has 0 aliphatic heterocycles. The van der Waals surface area contributed by atoms with Gasteiger partial charge in [0.05, 0.1) is 9.82 Å². The van der Waals surface area contributed by atoms with E-state index < -0.39 is 14.9 Å². The Labute approximate surface area is 85.0 Å². The highest BCUT2D eigenvalue weighted by Gasteiger charge is 2.17. The molecule has 0 spiro atoms. The largest absolute Gasteiger partial charge is 0.318 e. The number of nitrogens with one attached hydrogen (secondary N) is 1. The minimum absolute atomic E-state index is 0.119. The van der Waals surface area contributed by atoms with Crippen LogP contribution >= 0.6 is 0 Å². The molecule has 8 nitrogen and oxygen atoms in total. The quantitative estimate of drug-likeness (QED) is 0.365. The van der Waals surface area contributed by atoms with Crippen molar-refractivity contribution in [1.82, 2.24) is 0 Å². The van der Waals surface area contributed by atoms with Gasteiger partial charge in [-0.05, 0) is 12.1 Å². The second-order valence-corrected chi connectivity index (χ2v) is 4.19. The van der Waals surface area contributed by atoms with Gasteiger partial charge in [-0.25, -0.2) is 13.6 Å². The molecule has 0 saturated heterocycles. The molecule has 0 radical (unpaired) electrons. The third-order valence-electron chi connectivity index (χ3n) is 1.65. The molecule has 1 aromatic carbocycles. The maximum Gasteiger partial charge on any atom is 0.293 e. The molecule has 9 heteroatoms. The summed E-state index contributed by atoms with van der Waals surface area (Å²) in [5, 5.41) is 15.3. The number of benzene rings is 1.